The number of rotatable bonds is 3. The Morgan fingerprint density at radius 1 is 1.19 bits per heavy atom. The number of carbonyl (C=O) groups is 1. The summed E-state index contributed by atoms with van der Waals surface area (Å²) in [5.74, 6) is -0.602. The molecule has 8 nitrogen and oxygen atoms in total. The van der Waals surface area contributed by atoms with E-state index in [-0.39, 0.29) is 35.1 Å². The third-order valence-electron chi connectivity index (χ3n) is 7.17. The van der Waals surface area contributed by atoms with Crippen molar-refractivity contribution < 1.29 is 36.2 Å². The Labute approximate surface area is 216 Å². The Kier molecular flexibility index (Phi) is 6.12. The number of sulfone groups is 1. The predicted molar refractivity (Wildman–Crippen MR) is 130 cm³/mol. The quantitative estimate of drug-likeness (QED) is 0.560. The van der Waals surface area contributed by atoms with Gasteiger partial charge in [-0.05, 0) is 55.7 Å². The van der Waals surface area contributed by atoms with Crippen molar-refractivity contribution >= 4 is 39.7 Å². The minimum absolute atomic E-state index is 0.0680. The van der Waals surface area contributed by atoms with Crippen molar-refractivity contribution in [1.82, 2.24) is 0 Å². The topological polar surface area (TPSA) is 111 Å². The van der Waals surface area contributed by atoms with Crippen LogP contribution in [-0.2, 0) is 20.8 Å². The predicted octanol–water partition coefficient (Wildman–Crippen LogP) is 3.48. The smallest absolute Gasteiger partial charge is 0.417 e. The molecule has 1 aliphatic carbocycles. The van der Waals surface area contributed by atoms with Gasteiger partial charge in [0, 0.05) is 17.8 Å². The van der Waals surface area contributed by atoms with E-state index in [4.69, 9.17) is 10.00 Å². The van der Waals surface area contributed by atoms with E-state index in [1.807, 2.05) is 0 Å². The van der Waals surface area contributed by atoms with Crippen LogP contribution in [0.1, 0.15) is 36.8 Å². The average molecular weight is 554 g/mol. The van der Waals surface area contributed by atoms with Gasteiger partial charge in [-0.1, -0.05) is 0 Å². The maximum Gasteiger partial charge on any atom is 0.417 e. The van der Waals surface area contributed by atoms with Crippen molar-refractivity contribution in [2.75, 3.05) is 22.2 Å². The van der Waals surface area contributed by atoms with Crippen LogP contribution in [0.2, 0.25) is 0 Å². The van der Waals surface area contributed by atoms with Crippen molar-refractivity contribution in [2.24, 2.45) is 0 Å². The van der Waals surface area contributed by atoms with Crippen LogP contribution in [0.15, 0.2) is 41.3 Å². The van der Waals surface area contributed by atoms with E-state index in [2.05, 4.69) is 12.6 Å². The van der Waals surface area contributed by atoms with Gasteiger partial charge < -0.3 is 14.7 Å². The first kappa shape index (κ1) is 25.7. The molecule has 2 aliphatic heterocycles. The highest BCUT2D eigenvalue weighted by atomic mass is 32.2. The molecule has 37 heavy (non-hydrogen) atoms. The van der Waals surface area contributed by atoms with E-state index in [1.165, 1.54) is 24.3 Å². The number of nitrogens with zero attached hydrogens (tertiary/aromatic N) is 3. The fraction of sp³-hybridized carbons (Fsp3) is 0.417. The lowest BCUT2D eigenvalue weighted by Gasteiger charge is -2.44. The molecule has 2 fully saturated rings. The Morgan fingerprint density at radius 3 is 2.49 bits per heavy atom. The van der Waals surface area contributed by atoms with Crippen LogP contribution in [0, 0.1) is 11.3 Å². The lowest BCUT2D eigenvalue weighted by Crippen LogP contribution is -2.55. The van der Waals surface area contributed by atoms with Crippen LogP contribution in [0.25, 0.3) is 0 Å². The van der Waals surface area contributed by atoms with Gasteiger partial charge in [-0.25, -0.2) is 8.42 Å². The highest BCUT2D eigenvalue weighted by Crippen LogP contribution is 2.51. The summed E-state index contributed by atoms with van der Waals surface area (Å²) in [7, 11) is -3.77. The molecule has 1 amide bonds. The number of fused-ring (bicyclic) bond motifs is 1. The number of alkyl halides is 3. The molecule has 1 spiro atoms. The van der Waals surface area contributed by atoms with Crippen LogP contribution in [0.3, 0.4) is 0 Å². The third kappa shape index (κ3) is 4.02. The molecule has 2 aromatic rings. The number of carbonyl (C=O) groups excluding carboxylic acids is 1. The second kappa shape index (κ2) is 8.82. The van der Waals surface area contributed by atoms with Crippen LogP contribution in [0.5, 0.6) is 5.75 Å². The van der Waals surface area contributed by atoms with Crippen LogP contribution in [0.4, 0.5) is 24.5 Å². The summed E-state index contributed by atoms with van der Waals surface area (Å²) in [4.78, 5) is 16.4. The zero-order chi connectivity index (χ0) is 26.8. The van der Waals surface area contributed by atoms with Gasteiger partial charge in [0.1, 0.15) is 22.3 Å². The van der Waals surface area contributed by atoms with E-state index in [1.54, 1.807) is 11.0 Å². The molecule has 2 atom stereocenters. The van der Waals surface area contributed by atoms with E-state index >= 15 is 0 Å². The number of ether oxygens (including phenoxy) is 1. The molecule has 0 bridgehead atoms. The fourth-order valence-corrected chi connectivity index (χ4v) is 7.24. The number of nitriles is 1. The number of thiol groups is 1. The maximum absolute atomic E-state index is 13.7. The number of hydrogen-bond acceptors (Lipinski definition) is 8. The Hall–Kier alpha value is -2.95. The average Bonchev–Trinajstić information content (AvgIpc) is 2.98. The van der Waals surface area contributed by atoms with E-state index in [0.29, 0.717) is 24.9 Å². The molecule has 5 rings (SSSR count). The molecular weight excluding hydrogens is 531 g/mol. The number of anilines is 2. The summed E-state index contributed by atoms with van der Waals surface area (Å²) < 4.78 is 72.5. The van der Waals surface area contributed by atoms with Crippen molar-refractivity contribution in [1.29, 1.82) is 5.26 Å². The Morgan fingerprint density at radius 2 is 1.89 bits per heavy atom. The summed E-state index contributed by atoms with van der Waals surface area (Å²) in [6.07, 6.45) is -3.86. The lowest BCUT2D eigenvalue weighted by molar-refractivity contribution is -0.137. The van der Waals surface area contributed by atoms with E-state index in [9.17, 15) is 31.5 Å². The summed E-state index contributed by atoms with van der Waals surface area (Å²) in [5, 5.41) is 18.6. The number of aliphatic hydroxyl groups excluding tert-OH is 1. The summed E-state index contributed by atoms with van der Waals surface area (Å²) in [5.41, 5.74) is -3.58. The molecule has 0 aromatic heterocycles. The van der Waals surface area contributed by atoms with Gasteiger partial charge in [0.15, 0.2) is 15.3 Å². The van der Waals surface area contributed by atoms with Crippen molar-refractivity contribution in [2.45, 2.75) is 53.9 Å². The maximum atomic E-state index is 13.7. The molecule has 3 aliphatic rings. The van der Waals surface area contributed by atoms with Crippen LogP contribution < -0.4 is 14.5 Å². The summed E-state index contributed by atoms with van der Waals surface area (Å²) in [6, 6.07) is 9.01. The molecule has 1 N–H and O–H groups in total. The molecule has 2 heterocycles. The fourth-order valence-electron chi connectivity index (χ4n) is 5.13. The van der Waals surface area contributed by atoms with Gasteiger partial charge in [-0.3, -0.25) is 9.69 Å². The second-order valence-electron chi connectivity index (χ2n) is 9.28. The highest BCUT2D eigenvalue weighted by molar-refractivity contribution is 7.91. The van der Waals surface area contributed by atoms with Gasteiger partial charge in [0.2, 0.25) is 0 Å². The second-order valence-corrected chi connectivity index (χ2v) is 11.8. The molecule has 1 saturated carbocycles. The Balaban J connectivity index is 1.60. The van der Waals surface area contributed by atoms with Gasteiger partial charge >= 0.3 is 6.18 Å². The van der Waals surface area contributed by atoms with Gasteiger partial charge in [-0.2, -0.15) is 18.4 Å². The zero-order valence-corrected chi connectivity index (χ0v) is 21.0. The summed E-state index contributed by atoms with van der Waals surface area (Å²) >= 11 is 4.61. The van der Waals surface area contributed by atoms with E-state index < -0.39 is 50.2 Å². The largest absolute Gasteiger partial charge is 0.487 e. The van der Waals surface area contributed by atoms with Crippen molar-refractivity contribution in [3.05, 3.63) is 47.5 Å². The minimum atomic E-state index is -4.80. The van der Waals surface area contributed by atoms with Gasteiger partial charge in [-0.15, -0.1) is 12.6 Å². The van der Waals surface area contributed by atoms with Crippen molar-refractivity contribution in [3.63, 3.8) is 0 Å². The third-order valence-corrected chi connectivity index (χ3v) is 9.40. The first-order valence-corrected chi connectivity index (χ1v) is 13.7. The molecule has 1 saturated heterocycles. The number of amides is 1. The molecule has 196 valence electrons. The number of hydrogen-bond donors (Lipinski definition) is 2. The monoisotopic (exact) mass is 553 g/mol. The SMILES string of the molecule is N#Cc1ccc(N2C(=O)C3(CCC3)N(c3ccc4c(c3)S(=O)(=O)CC[C@@H](CO)O4)C2S)cc1C(F)(F)F. The highest BCUT2D eigenvalue weighted by Gasteiger charge is 2.60. The number of halogens is 3. The first-order valence-electron chi connectivity index (χ1n) is 11.5. The Bertz CT molecular complexity index is 1420. The van der Waals surface area contributed by atoms with Crippen LogP contribution in [-0.4, -0.2) is 48.9 Å². The summed E-state index contributed by atoms with van der Waals surface area (Å²) in [6.45, 7) is -0.349. The van der Waals surface area contributed by atoms with Gasteiger partial charge in [0.25, 0.3) is 5.91 Å². The zero-order valence-electron chi connectivity index (χ0n) is 19.3. The van der Waals surface area contributed by atoms with Crippen LogP contribution >= 0.6 is 12.6 Å². The van der Waals surface area contributed by atoms with Crippen molar-refractivity contribution in [3.8, 4) is 11.8 Å². The van der Waals surface area contributed by atoms with E-state index in [0.717, 1.165) is 17.0 Å². The normalized spacial score (nSPS) is 24.2. The number of benzene rings is 2. The molecule has 13 heteroatoms. The number of aliphatic hydroxyl groups is 1. The minimum Gasteiger partial charge on any atom is -0.487 e. The first-order chi connectivity index (χ1) is 17.4. The van der Waals surface area contributed by atoms with Gasteiger partial charge in [0.05, 0.1) is 29.6 Å². The lowest BCUT2D eigenvalue weighted by atomic mass is 9.75. The molecule has 0 radical (unpaired) electrons. The molecule has 2 aromatic carbocycles. The standard InChI is InChI=1S/C24H22F3N3O5S2/c25-24(26,27)18-10-15(3-2-14(18)12-28)29-21(32)23(7-1-8-23)30(22(29)36)16-4-5-19-20(11-16)37(33,34)9-6-17(13-31)35-19/h2-5,10-11,17,22,31,36H,1,6-9,13H2/t17-,22?/m0/s1. The molecular formula is C24H22F3N3O5S2. The molecule has 1 unspecified atom stereocenters.